The van der Waals surface area contributed by atoms with Gasteiger partial charge in [-0.1, -0.05) is 19.3 Å². The van der Waals surface area contributed by atoms with Crippen LogP contribution in [0, 0.1) is 5.92 Å². The zero-order valence-corrected chi connectivity index (χ0v) is 10.4. The first-order chi connectivity index (χ1) is 8.24. The molecule has 2 atom stereocenters. The third kappa shape index (κ3) is 2.68. The van der Waals surface area contributed by atoms with Crippen LogP contribution in [0.2, 0.25) is 0 Å². The Morgan fingerprint density at radius 1 is 1.00 bits per heavy atom. The van der Waals surface area contributed by atoms with E-state index in [1.165, 1.54) is 12.8 Å². The molecule has 2 unspecified atom stereocenters. The smallest absolute Gasteiger partial charge is 0.229 e. The predicted octanol–water partition coefficient (Wildman–Crippen LogP) is 1.43. The minimum atomic E-state index is 0.0200. The summed E-state index contributed by atoms with van der Waals surface area (Å²) >= 11 is 0. The van der Waals surface area contributed by atoms with Gasteiger partial charge >= 0.3 is 0 Å². The largest absolute Gasteiger partial charge is 0.330 e. The van der Waals surface area contributed by atoms with Crippen molar-refractivity contribution in [2.75, 3.05) is 6.54 Å². The average molecular weight is 238 g/mol. The standard InChI is InChI=1S/C13H22N2O2/c14-9-10-5-2-1-3-6-11(10)15-12(16)7-4-8-13(15)17/h10-11H,1-9,14H2. The molecule has 0 radical (unpaired) electrons. The van der Waals surface area contributed by atoms with E-state index in [2.05, 4.69) is 0 Å². The molecule has 2 fully saturated rings. The van der Waals surface area contributed by atoms with E-state index in [-0.39, 0.29) is 17.9 Å². The Morgan fingerprint density at radius 2 is 1.65 bits per heavy atom. The number of nitrogens with two attached hydrogens (primary N) is 1. The molecule has 1 aliphatic heterocycles. The van der Waals surface area contributed by atoms with Crippen LogP contribution in [-0.2, 0) is 9.59 Å². The molecular weight excluding hydrogens is 216 g/mol. The molecule has 4 heteroatoms. The van der Waals surface area contributed by atoms with Crippen LogP contribution in [0.1, 0.15) is 51.4 Å². The Bertz CT molecular complexity index is 288. The van der Waals surface area contributed by atoms with Crippen LogP contribution in [0.5, 0.6) is 0 Å². The molecule has 4 nitrogen and oxygen atoms in total. The Morgan fingerprint density at radius 3 is 2.29 bits per heavy atom. The Labute approximate surface area is 103 Å². The number of hydrogen-bond acceptors (Lipinski definition) is 3. The summed E-state index contributed by atoms with van der Waals surface area (Å²) in [4.78, 5) is 25.4. The fourth-order valence-electron chi connectivity index (χ4n) is 3.12. The molecule has 0 aromatic heterocycles. The van der Waals surface area contributed by atoms with Gasteiger partial charge in [0, 0.05) is 18.9 Å². The van der Waals surface area contributed by atoms with E-state index in [1.807, 2.05) is 0 Å². The van der Waals surface area contributed by atoms with Crippen LogP contribution in [0.4, 0.5) is 0 Å². The highest BCUT2D eigenvalue weighted by molar-refractivity contribution is 5.97. The van der Waals surface area contributed by atoms with Crippen molar-refractivity contribution in [1.29, 1.82) is 0 Å². The number of piperidine rings is 1. The van der Waals surface area contributed by atoms with Crippen LogP contribution in [0.25, 0.3) is 0 Å². The van der Waals surface area contributed by atoms with Gasteiger partial charge in [0.15, 0.2) is 0 Å². The van der Waals surface area contributed by atoms with E-state index in [1.54, 1.807) is 4.90 Å². The molecule has 0 bridgehead atoms. The first-order valence-corrected chi connectivity index (χ1v) is 6.79. The van der Waals surface area contributed by atoms with Crippen molar-refractivity contribution in [2.45, 2.75) is 57.4 Å². The van der Waals surface area contributed by atoms with Crippen molar-refractivity contribution < 1.29 is 9.59 Å². The number of nitrogens with zero attached hydrogens (tertiary/aromatic N) is 1. The molecule has 2 amide bonds. The van der Waals surface area contributed by atoms with Gasteiger partial charge in [-0.2, -0.15) is 0 Å². The van der Waals surface area contributed by atoms with Gasteiger partial charge in [0.1, 0.15) is 0 Å². The molecule has 0 aromatic rings. The number of rotatable bonds is 2. The van der Waals surface area contributed by atoms with Crippen molar-refractivity contribution >= 4 is 11.8 Å². The summed E-state index contributed by atoms with van der Waals surface area (Å²) in [7, 11) is 0. The molecule has 1 aliphatic carbocycles. The number of amides is 2. The summed E-state index contributed by atoms with van der Waals surface area (Å²) in [5.41, 5.74) is 5.81. The molecule has 1 saturated heterocycles. The van der Waals surface area contributed by atoms with E-state index in [0.717, 1.165) is 19.3 Å². The number of carbonyl (C=O) groups is 2. The lowest BCUT2D eigenvalue weighted by molar-refractivity contribution is -0.152. The van der Waals surface area contributed by atoms with Crippen molar-refractivity contribution in [3.63, 3.8) is 0 Å². The van der Waals surface area contributed by atoms with E-state index >= 15 is 0 Å². The molecular formula is C13H22N2O2. The quantitative estimate of drug-likeness (QED) is 0.584. The van der Waals surface area contributed by atoms with Gasteiger partial charge in [0.25, 0.3) is 0 Å². The monoisotopic (exact) mass is 238 g/mol. The van der Waals surface area contributed by atoms with Crippen LogP contribution < -0.4 is 5.73 Å². The van der Waals surface area contributed by atoms with Crippen LogP contribution in [-0.4, -0.2) is 29.3 Å². The van der Waals surface area contributed by atoms with Gasteiger partial charge in [-0.15, -0.1) is 0 Å². The molecule has 2 rings (SSSR count). The second-order valence-electron chi connectivity index (χ2n) is 5.21. The summed E-state index contributed by atoms with van der Waals surface area (Å²) in [6, 6.07) is 0.0720. The van der Waals surface area contributed by atoms with Crippen molar-refractivity contribution in [2.24, 2.45) is 11.7 Å². The first kappa shape index (κ1) is 12.6. The summed E-state index contributed by atoms with van der Waals surface area (Å²) in [5.74, 6) is 0.349. The van der Waals surface area contributed by atoms with Crippen molar-refractivity contribution in [3.05, 3.63) is 0 Å². The molecule has 96 valence electrons. The van der Waals surface area contributed by atoms with Crippen LogP contribution in [0.15, 0.2) is 0 Å². The average Bonchev–Trinajstić information content (AvgIpc) is 2.54. The zero-order chi connectivity index (χ0) is 12.3. The number of imide groups is 1. The fraction of sp³-hybridized carbons (Fsp3) is 0.846. The van der Waals surface area contributed by atoms with E-state index < -0.39 is 0 Å². The van der Waals surface area contributed by atoms with Gasteiger partial charge in [0.05, 0.1) is 0 Å². The molecule has 2 aliphatic rings. The third-order valence-corrected chi connectivity index (χ3v) is 4.07. The summed E-state index contributed by atoms with van der Waals surface area (Å²) in [6.07, 6.45) is 7.25. The Kier molecular flexibility index (Phi) is 4.15. The molecule has 17 heavy (non-hydrogen) atoms. The zero-order valence-electron chi connectivity index (χ0n) is 10.4. The highest BCUT2D eigenvalue weighted by Crippen LogP contribution is 2.29. The van der Waals surface area contributed by atoms with Gasteiger partial charge in [-0.3, -0.25) is 14.5 Å². The maximum atomic E-state index is 11.9. The first-order valence-electron chi connectivity index (χ1n) is 6.79. The highest BCUT2D eigenvalue weighted by atomic mass is 16.2. The van der Waals surface area contributed by atoms with E-state index in [4.69, 9.17) is 5.73 Å². The minimum Gasteiger partial charge on any atom is -0.330 e. The fourth-order valence-corrected chi connectivity index (χ4v) is 3.12. The van der Waals surface area contributed by atoms with Crippen LogP contribution in [0.3, 0.4) is 0 Å². The lowest BCUT2D eigenvalue weighted by Gasteiger charge is -2.36. The van der Waals surface area contributed by atoms with Crippen molar-refractivity contribution in [1.82, 2.24) is 4.90 Å². The molecule has 1 heterocycles. The second kappa shape index (κ2) is 5.63. The number of carbonyl (C=O) groups excluding carboxylic acids is 2. The predicted molar refractivity (Wildman–Crippen MR) is 65.1 cm³/mol. The summed E-state index contributed by atoms with van der Waals surface area (Å²) < 4.78 is 0. The maximum absolute atomic E-state index is 11.9. The van der Waals surface area contributed by atoms with Crippen LogP contribution >= 0.6 is 0 Å². The number of likely N-dealkylation sites (tertiary alicyclic amines) is 1. The van der Waals surface area contributed by atoms with E-state index in [9.17, 15) is 9.59 Å². The highest BCUT2D eigenvalue weighted by Gasteiger charge is 2.36. The van der Waals surface area contributed by atoms with Gasteiger partial charge < -0.3 is 5.73 Å². The lowest BCUT2D eigenvalue weighted by atomic mass is 9.91. The third-order valence-electron chi connectivity index (χ3n) is 4.07. The summed E-state index contributed by atoms with van der Waals surface area (Å²) in [5, 5.41) is 0. The lowest BCUT2D eigenvalue weighted by Crippen LogP contribution is -2.51. The maximum Gasteiger partial charge on any atom is 0.229 e. The second-order valence-corrected chi connectivity index (χ2v) is 5.21. The van der Waals surface area contributed by atoms with Gasteiger partial charge in [0.2, 0.25) is 11.8 Å². The van der Waals surface area contributed by atoms with Gasteiger partial charge in [-0.25, -0.2) is 0 Å². The molecule has 0 aromatic carbocycles. The topological polar surface area (TPSA) is 63.4 Å². The number of hydrogen-bond donors (Lipinski definition) is 1. The Hall–Kier alpha value is -0.900. The summed E-state index contributed by atoms with van der Waals surface area (Å²) in [6.45, 7) is 0.585. The van der Waals surface area contributed by atoms with Gasteiger partial charge in [-0.05, 0) is 31.7 Å². The molecule has 2 N–H and O–H groups in total. The normalized spacial score (nSPS) is 31.5. The minimum absolute atomic E-state index is 0.0200. The molecule has 1 saturated carbocycles. The van der Waals surface area contributed by atoms with E-state index in [0.29, 0.717) is 31.7 Å². The van der Waals surface area contributed by atoms with Crippen molar-refractivity contribution in [3.8, 4) is 0 Å². The SMILES string of the molecule is NCC1CCCCCC1N1C(=O)CCCC1=O. The molecule has 0 spiro atoms. The Balaban J connectivity index is 2.15.